The number of rotatable bonds is 8. The van der Waals surface area contributed by atoms with Crippen LogP contribution in [0.4, 0.5) is 0 Å². The second kappa shape index (κ2) is 8.89. The lowest BCUT2D eigenvalue weighted by Gasteiger charge is -2.06. The number of hydrogen-bond donors (Lipinski definition) is 0. The maximum atomic E-state index is 11.5. The topological polar surface area (TPSA) is 44.8 Å². The fourth-order valence-electron chi connectivity index (χ4n) is 1.69. The van der Waals surface area contributed by atoms with E-state index in [1.165, 1.54) is 0 Å². The van der Waals surface area contributed by atoms with Gasteiger partial charge in [-0.1, -0.05) is 48.5 Å². The lowest BCUT2D eigenvalue weighted by atomic mass is 10.2. The first-order valence-corrected chi connectivity index (χ1v) is 6.80. The number of carbonyl (C=O) groups excluding carboxylic acids is 1. The molecule has 4 nitrogen and oxygen atoms in total. The number of esters is 1. The summed E-state index contributed by atoms with van der Waals surface area (Å²) < 4.78 is 15.7. The molecule has 110 valence electrons. The average molecular weight is 286 g/mol. The van der Waals surface area contributed by atoms with Crippen molar-refractivity contribution < 1.29 is 19.0 Å². The van der Waals surface area contributed by atoms with Crippen LogP contribution in [0.3, 0.4) is 0 Å². The van der Waals surface area contributed by atoms with Crippen LogP contribution in [-0.2, 0) is 20.9 Å². The van der Waals surface area contributed by atoms with Gasteiger partial charge in [0.25, 0.3) is 0 Å². The van der Waals surface area contributed by atoms with Crippen LogP contribution in [-0.4, -0.2) is 25.8 Å². The normalized spacial score (nSPS) is 10.3. The predicted octanol–water partition coefficient (Wildman–Crippen LogP) is 2.83. The molecule has 0 saturated heterocycles. The molecule has 21 heavy (non-hydrogen) atoms. The van der Waals surface area contributed by atoms with E-state index in [1.54, 1.807) is 24.3 Å². The fourth-order valence-corrected chi connectivity index (χ4v) is 1.69. The van der Waals surface area contributed by atoms with Crippen molar-refractivity contribution in [2.75, 3.05) is 19.8 Å². The molecule has 0 bridgehead atoms. The second-order valence-electron chi connectivity index (χ2n) is 4.38. The molecular formula is C17H18O4. The van der Waals surface area contributed by atoms with E-state index in [2.05, 4.69) is 0 Å². The molecule has 0 atom stereocenters. The Balaban J connectivity index is 1.52. The van der Waals surface area contributed by atoms with Crippen LogP contribution in [0.15, 0.2) is 60.7 Å². The monoisotopic (exact) mass is 286 g/mol. The summed E-state index contributed by atoms with van der Waals surface area (Å²) in [7, 11) is 0. The van der Waals surface area contributed by atoms with Gasteiger partial charge in [0, 0.05) is 0 Å². The molecule has 0 unspecified atom stereocenters. The van der Waals surface area contributed by atoms with Crippen molar-refractivity contribution in [3.63, 3.8) is 0 Å². The van der Waals surface area contributed by atoms with Crippen molar-refractivity contribution in [2.24, 2.45) is 0 Å². The highest BCUT2D eigenvalue weighted by Gasteiger charge is 2.04. The minimum Gasteiger partial charge on any atom is -0.425 e. The summed E-state index contributed by atoms with van der Waals surface area (Å²) in [5, 5.41) is 0. The van der Waals surface area contributed by atoms with Gasteiger partial charge < -0.3 is 14.2 Å². The molecule has 0 aliphatic rings. The summed E-state index contributed by atoms with van der Waals surface area (Å²) in [6, 6.07) is 18.8. The Bertz CT molecular complexity index is 525. The molecule has 0 heterocycles. The number of para-hydroxylation sites is 1. The zero-order valence-electron chi connectivity index (χ0n) is 11.7. The van der Waals surface area contributed by atoms with Gasteiger partial charge in [0.15, 0.2) is 0 Å². The third-order valence-corrected chi connectivity index (χ3v) is 2.68. The Kier molecular flexibility index (Phi) is 6.45. The highest BCUT2D eigenvalue weighted by molar-refractivity contribution is 5.73. The van der Waals surface area contributed by atoms with Crippen molar-refractivity contribution in [1.82, 2.24) is 0 Å². The van der Waals surface area contributed by atoms with Crippen LogP contribution in [0.5, 0.6) is 5.75 Å². The number of carbonyl (C=O) groups is 1. The van der Waals surface area contributed by atoms with Gasteiger partial charge in [-0.05, 0) is 17.7 Å². The maximum Gasteiger partial charge on any atom is 0.337 e. The summed E-state index contributed by atoms with van der Waals surface area (Å²) in [6.45, 7) is 1.26. The van der Waals surface area contributed by atoms with Crippen molar-refractivity contribution >= 4 is 5.97 Å². The van der Waals surface area contributed by atoms with E-state index in [4.69, 9.17) is 14.2 Å². The predicted molar refractivity (Wildman–Crippen MR) is 79.0 cm³/mol. The molecule has 0 N–H and O–H groups in total. The second-order valence-corrected chi connectivity index (χ2v) is 4.38. The minimum absolute atomic E-state index is 0.0798. The summed E-state index contributed by atoms with van der Waals surface area (Å²) in [6.07, 6.45) is 0. The van der Waals surface area contributed by atoms with Crippen LogP contribution in [0, 0.1) is 0 Å². The van der Waals surface area contributed by atoms with Gasteiger partial charge in [0.1, 0.15) is 12.4 Å². The lowest BCUT2D eigenvalue weighted by molar-refractivity contribution is -0.140. The third-order valence-electron chi connectivity index (χ3n) is 2.68. The Morgan fingerprint density at radius 2 is 1.43 bits per heavy atom. The molecule has 2 aromatic carbocycles. The smallest absolute Gasteiger partial charge is 0.337 e. The van der Waals surface area contributed by atoms with Gasteiger partial charge in [-0.25, -0.2) is 4.79 Å². The fraction of sp³-hybridized carbons (Fsp3) is 0.235. The summed E-state index contributed by atoms with van der Waals surface area (Å²) in [5.74, 6) is 0.107. The average Bonchev–Trinajstić information content (AvgIpc) is 2.53. The molecule has 0 fully saturated rings. The SMILES string of the molecule is O=C(COCCOCc1ccccc1)Oc1ccccc1. The van der Waals surface area contributed by atoms with Gasteiger partial charge >= 0.3 is 5.97 Å². The summed E-state index contributed by atoms with van der Waals surface area (Å²) >= 11 is 0. The third kappa shape index (κ3) is 6.21. The Hall–Kier alpha value is -2.17. The molecule has 0 amide bonds. The summed E-state index contributed by atoms with van der Waals surface area (Å²) in [5.41, 5.74) is 1.11. The number of ether oxygens (including phenoxy) is 3. The van der Waals surface area contributed by atoms with E-state index < -0.39 is 5.97 Å². The lowest BCUT2D eigenvalue weighted by Crippen LogP contribution is -2.17. The van der Waals surface area contributed by atoms with Gasteiger partial charge in [-0.3, -0.25) is 0 Å². The molecule has 0 saturated carbocycles. The first-order valence-electron chi connectivity index (χ1n) is 6.80. The highest BCUT2D eigenvalue weighted by atomic mass is 16.6. The quantitative estimate of drug-likeness (QED) is 0.425. The van der Waals surface area contributed by atoms with Crippen LogP contribution in [0.2, 0.25) is 0 Å². The van der Waals surface area contributed by atoms with Crippen LogP contribution >= 0.6 is 0 Å². The van der Waals surface area contributed by atoms with Gasteiger partial charge in [0.2, 0.25) is 0 Å². The van der Waals surface area contributed by atoms with Crippen molar-refractivity contribution in [3.05, 3.63) is 66.2 Å². The van der Waals surface area contributed by atoms with E-state index in [0.717, 1.165) is 5.56 Å². The maximum absolute atomic E-state index is 11.5. The van der Waals surface area contributed by atoms with Crippen molar-refractivity contribution in [3.8, 4) is 5.75 Å². The van der Waals surface area contributed by atoms with Gasteiger partial charge in [-0.15, -0.1) is 0 Å². The van der Waals surface area contributed by atoms with Gasteiger partial charge in [0.05, 0.1) is 19.8 Å². The minimum atomic E-state index is -0.413. The molecule has 4 heteroatoms. The molecular weight excluding hydrogens is 268 g/mol. The van der Waals surface area contributed by atoms with Crippen LogP contribution < -0.4 is 4.74 Å². The van der Waals surface area contributed by atoms with E-state index >= 15 is 0 Å². The molecule has 0 aliphatic carbocycles. The molecule has 0 radical (unpaired) electrons. The number of benzene rings is 2. The van der Waals surface area contributed by atoms with Crippen LogP contribution in [0.1, 0.15) is 5.56 Å². The van der Waals surface area contributed by atoms with E-state index in [9.17, 15) is 4.79 Å². The Morgan fingerprint density at radius 3 is 2.14 bits per heavy atom. The van der Waals surface area contributed by atoms with E-state index in [-0.39, 0.29) is 6.61 Å². The van der Waals surface area contributed by atoms with Crippen LogP contribution in [0.25, 0.3) is 0 Å². The zero-order chi connectivity index (χ0) is 14.8. The van der Waals surface area contributed by atoms with Crippen molar-refractivity contribution in [1.29, 1.82) is 0 Å². The van der Waals surface area contributed by atoms with Gasteiger partial charge in [-0.2, -0.15) is 0 Å². The largest absolute Gasteiger partial charge is 0.425 e. The summed E-state index contributed by atoms with van der Waals surface area (Å²) in [4.78, 5) is 11.5. The first-order chi connectivity index (χ1) is 10.3. The molecule has 2 aromatic rings. The number of hydrogen-bond acceptors (Lipinski definition) is 4. The Morgan fingerprint density at radius 1 is 0.810 bits per heavy atom. The van der Waals surface area contributed by atoms with E-state index in [0.29, 0.717) is 25.6 Å². The standard InChI is InChI=1S/C17H18O4/c18-17(21-16-9-5-2-6-10-16)14-20-12-11-19-13-15-7-3-1-4-8-15/h1-10H,11-14H2. The Labute approximate surface area is 124 Å². The van der Waals surface area contributed by atoms with E-state index in [1.807, 2.05) is 36.4 Å². The zero-order valence-corrected chi connectivity index (χ0v) is 11.7. The van der Waals surface area contributed by atoms with Crippen molar-refractivity contribution in [2.45, 2.75) is 6.61 Å². The molecule has 0 aromatic heterocycles. The molecule has 2 rings (SSSR count). The first kappa shape index (κ1) is 15.2. The molecule has 0 spiro atoms. The molecule has 0 aliphatic heterocycles. The highest BCUT2D eigenvalue weighted by Crippen LogP contribution is 2.08.